The van der Waals surface area contributed by atoms with Gasteiger partial charge in [-0.3, -0.25) is 4.90 Å². The lowest BCUT2D eigenvalue weighted by Gasteiger charge is -2.20. The molecule has 2 N–H and O–H groups in total. The monoisotopic (exact) mass is 357 g/mol. The first kappa shape index (κ1) is 16.7. The number of carbonyl (C=O) groups excluding carboxylic acids is 1. The van der Waals surface area contributed by atoms with Crippen molar-refractivity contribution >= 4 is 17.9 Å². The molecule has 0 saturated carbocycles. The quantitative estimate of drug-likeness (QED) is 0.813. The predicted octanol–water partition coefficient (Wildman–Crippen LogP) is 3.33. The van der Waals surface area contributed by atoms with Gasteiger partial charge in [-0.05, 0) is 29.5 Å². The van der Waals surface area contributed by atoms with E-state index in [0.29, 0.717) is 5.56 Å². The summed E-state index contributed by atoms with van der Waals surface area (Å²) in [6.07, 6.45) is 4.61. The van der Waals surface area contributed by atoms with Crippen LogP contribution in [0.3, 0.4) is 0 Å². The molecule has 128 valence electrons. The molecule has 1 saturated heterocycles. The van der Waals surface area contributed by atoms with Crippen LogP contribution < -0.4 is 10.9 Å². The van der Waals surface area contributed by atoms with Crippen LogP contribution in [0.1, 0.15) is 5.56 Å². The zero-order chi connectivity index (χ0) is 17.2. The lowest BCUT2D eigenvalue weighted by Crippen LogP contribution is -2.27. The number of halogens is 3. The number of ether oxygens (including phenoxy) is 1. The zero-order valence-electron chi connectivity index (χ0n) is 12.3. The lowest BCUT2D eigenvalue weighted by atomic mass is 10.1. The van der Waals surface area contributed by atoms with Gasteiger partial charge in [0.25, 0.3) is 0 Å². The van der Waals surface area contributed by atoms with E-state index < -0.39 is 11.6 Å². The minimum absolute atomic E-state index is 0.0155. The number of thioether (sulfide) groups is 1. The zero-order valence-corrected chi connectivity index (χ0v) is 13.2. The summed E-state index contributed by atoms with van der Waals surface area (Å²) in [5, 5.41) is 0. The molecule has 5 nitrogen and oxygen atoms in total. The molecule has 1 fully saturated rings. The Morgan fingerprint density at radius 3 is 2.79 bits per heavy atom. The standard InChI is InChI=1S/C15H14F3N3O2S/c16-15(17,18)24-12-3-1-10(2-4-12)9-23-14(22)21-6-5-11-7-19-20-13(11)8-21/h1-6,8,11,19-20H,7,9H2. The van der Waals surface area contributed by atoms with Crippen molar-refractivity contribution in [1.29, 1.82) is 0 Å². The molecule has 0 aliphatic carbocycles. The minimum atomic E-state index is -4.32. The minimum Gasteiger partial charge on any atom is -0.444 e. The van der Waals surface area contributed by atoms with Gasteiger partial charge in [-0.15, -0.1) is 0 Å². The summed E-state index contributed by atoms with van der Waals surface area (Å²) in [5.74, 6) is 0.215. The molecule has 0 aromatic heterocycles. The second kappa shape index (κ2) is 6.78. The molecule has 1 aromatic carbocycles. The highest BCUT2D eigenvalue weighted by Crippen LogP contribution is 2.36. The summed E-state index contributed by atoms with van der Waals surface area (Å²) >= 11 is -0.180. The molecule has 24 heavy (non-hydrogen) atoms. The van der Waals surface area contributed by atoms with Crippen LogP contribution >= 0.6 is 11.8 Å². The molecule has 9 heteroatoms. The predicted molar refractivity (Wildman–Crippen MR) is 82.2 cm³/mol. The average Bonchev–Trinajstić information content (AvgIpc) is 3.00. The topological polar surface area (TPSA) is 53.6 Å². The third-order valence-electron chi connectivity index (χ3n) is 3.44. The first-order valence-corrected chi connectivity index (χ1v) is 7.91. The molecule has 2 aliphatic rings. The molecule has 1 atom stereocenters. The largest absolute Gasteiger partial charge is 0.446 e. The van der Waals surface area contributed by atoms with Gasteiger partial charge < -0.3 is 10.2 Å². The summed E-state index contributed by atoms with van der Waals surface area (Å²) in [4.78, 5) is 13.4. The number of benzene rings is 1. The van der Waals surface area contributed by atoms with E-state index in [0.717, 1.165) is 12.2 Å². The van der Waals surface area contributed by atoms with Gasteiger partial charge in [0.1, 0.15) is 6.61 Å². The Morgan fingerprint density at radius 1 is 1.33 bits per heavy atom. The number of amides is 1. The highest BCUT2D eigenvalue weighted by Gasteiger charge is 2.29. The van der Waals surface area contributed by atoms with E-state index in [2.05, 4.69) is 10.9 Å². The molecular weight excluding hydrogens is 343 g/mol. The number of hydrogen-bond acceptors (Lipinski definition) is 5. The molecule has 1 aromatic rings. The number of carbonyl (C=O) groups is 1. The van der Waals surface area contributed by atoms with Crippen LogP contribution in [-0.4, -0.2) is 23.0 Å². The molecule has 2 heterocycles. The van der Waals surface area contributed by atoms with Crippen LogP contribution in [0.4, 0.5) is 18.0 Å². The van der Waals surface area contributed by atoms with Crippen molar-refractivity contribution in [3.05, 3.63) is 54.0 Å². The third-order valence-corrected chi connectivity index (χ3v) is 4.18. The maximum Gasteiger partial charge on any atom is 0.446 e. The molecule has 3 rings (SSSR count). The van der Waals surface area contributed by atoms with E-state index in [9.17, 15) is 18.0 Å². The van der Waals surface area contributed by atoms with Gasteiger partial charge in [0.15, 0.2) is 0 Å². The molecule has 1 amide bonds. The van der Waals surface area contributed by atoms with Gasteiger partial charge in [-0.2, -0.15) is 13.2 Å². The summed E-state index contributed by atoms with van der Waals surface area (Å²) in [6, 6.07) is 5.71. The van der Waals surface area contributed by atoms with Crippen molar-refractivity contribution in [3.8, 4) is 0 Å². The van der Waals surface area contributed by atoms with Crippen LogP contribution in [0.2, 0.25) is 0 Å². The fraction of sp³-hybridized carbons (Fsp3) is 0.267. The van der Waals surface area contributed by atoms with Gasteiger partial charge in [0, 0.05) is 29.8 Å². The Balaban J connectivity index is 1.53. The van der Waals surface area contributed by atoms with Gasteiger partial charge >= 0.3 is 11.6 Å². The smallest absolute Gasteiger partial charge is 0.444 e. The number of nitrogens with zero attached hydrogens (tertiary/aromatic N) is 1. The van der Waals surface area contributed by atoms with E-state index in [4.69, 9.17) is 4.74 Å². The second-order valence-electron chi connectivity index (χ2n) is 5.19. The van der Waals surface area contributed by atoms with Gasteiger partial charge in [0.05, 0.1) is 5.70 Å². The Bertz CT molecular complexity index is 674. The SMILES string of the molecule is O=C(OCc1ccc(SC(F)(F)F)cc1)N1C=CC2CNNC2=C1. The molecule has 0 radical (unpaired) electrons. The third kappa shape index (κ3) is 4.24. The number of nitrogens with one attached hydrogen (secondary N) is 2. The molecule has 1 unspecified atom stereocenters. The number of hydrogen-bond donors (Lipinski definition) is 2. The second-order valence-corrected chi connectivity index (χ2v) is 6.33. The summed E-state index contributed by atoms with van der Waals surface area (Å²) in [7, 11) is 0. The van der Waals surface area contributed by atoms with E-state index in [1.807, 2.05) is 6.08 Å². The van der Waals surface area contributed by atoms with E-state index in [1.165, 1.54) is 29.2 Å². The number of hydrazine groups is 1. The van der Waals surface area contributed by atoms with Crippen LogP contribution in [-0.2, 0) is 11.3 Å². The number of rotatable bonds is 3. The summed E-state index contributed by atoms with van der Waals surface area (Å²) in [6.45, 7) is 0.742. The average molecular weight is 357 g/mol. The van der Waals surface area contributed by atoms with Crippen molar-refractivity contribution < 1.29 is 22.7 Å². The lowest BCUT2D eigenvalue weighted by molar-refractivity contribution is -0.0328. The molecule has 0 bridgehead atoms. The maximum absolute atomic E-state index is 12.3. The molecular formula is C15H14F3N3O2S. The number of fused-ring (bicyclic) bond motifs is 1. The van der Waals surface area contributed by atoms with Gasteiger partial charge in [-0.25, -0.2) is 10.2 Å². The van der Waals surface area contributed by atoms with Crippen molar-refractivity contribution in [3.63, 3.8) is 0 Å². The number of alkyl halides is 3. The first-order chi connectivity index (χ1) is 11.4. The first-order valence-electron chi connectivity index (χ1n) is 7.09. The summed E-state index contributed by atoms with van der Waals surface area (Å²) in [5.41, 5.74) is 3.11. The van der Waals surface area contributed by atoms with Crippen LogP contribution in [0.15, 0.2) is 53.3 Å². The van der Waals surface area contributed by atoms with E-state index in [-0.39, 0.29) is 29.2 Å². The van der Waals surface area contributed by atoms with Crippen molar-refractivity contribution in [2.75, 3.05) is 6.54 Å². The van der Waals surface area contributed by atoms with Crippen LogP contribution in [0.25, 0.3) is 0 Å². The van der Waals surface area contributed by atoms with Gasteiger partial charge in [0.2, 0.25) is 0 Å². The van der Waals surface area contributed by atoms with Crippen molar-refractivity contribution in [2.45, 2.75) is 17.0 Å². The van der Waals surface area contributed by atoms with Crippen LogP contribution in [0.5, 0.6) is 0 Å². The van der Waals surface area contributed by atoms with Crippen molar-refractivity contribution in [1.82, 2.24) is 15.8 Å². The molecule has 0 spiro atoms. The van der Waals surface area contributed by atoms with Crippen molar-refractivity contribution in [2.24, 2.45) is 5.92 Å². The summed E-state index contributed by atoms with van der Waals surface area (Å²) < 4.78 is 42.0. The van der Waals surface area contributed by atoms with Crippen LogP contribution in [0, 0.1) is 5.92 Å². The Labute approximate surface area is 140 Å². The highest BCUT2D eigenvalue weighted by molar-refractivity contribution is 8.00. The maximum atomic E-state index is 12.3. The fourth-order valence-electron chi connectivity index (χ4n) is 2.28. The van der Waals surface area contributed by atoms with Gasteiger partial charge in [-0.1, -0.05) is 18.2 Å². The van der Waals surface area contributed by atoms with E-state index >= 15 is 0 Å². The normalized spacial score (nSPS) is 19.5. The fourth-order valence-corrected chi connectivity index (χ4v) is 2.81. The Morgan fingerprint density at radius 2 is 2.08 bits per heavy atom. The molecule has 2 aliphatic heterocycles. The highest BCUT2D eigenvalue weighted by atomic mass is 32.2. The Hall–Kier alpha value is -2.13. The van der Waals surface area contributed by atoms with E-state index in [1.54, 1.807) is 12.4 Å². The Kier molecular flexibility index (Phi) is 4.72.